The van der Waals surface area contributed by atoms with Crippen molar-refractivity contribution in [3.05, 3.63) is 215 Å². The number of aromatic nitrogens is 6. The number of hydrogen-bond donors (Lipinski definition) is 2. The number of esters is 2. The van der Waals surface area contributed by atoms with Crippen molar-refractivity contribution in [2.24, 2.45) is 0 Å². The highest BCUT2D eigenvalue weighted by Crippen LogP contribution is 2.45. The van der Waals surface area contributed by atoms with Gasteiger partial charge in [0.15, 0.2) is 52.0 Å². The molecular formula is C77H62BrN9O12. The average molecular weight is 1390 g/mol. The first-order valence-electron chi connectivity index (χ1n) is 32.2. The number of fused-ring (bicyclic) bond motifs is 8. The second-order valence-electron chi connectivity index (χ2n) is 23.7. The largest absolute Gasteiger partial charge is 0.478 e. The van der Waals surface area contributed by atoms with E-state index in [4.69, 9.17) is 67.8 Å². The summed E-state index contributed by atoms with van der Waals surface area (Å²) in [4.78, 5) is 69.7. The van der Waals surface area contributed by atoms with E-state index in [1.165, 1.54) is 30.9 Å². The molecule has 5 aliphatic heterocycles. The molecule has 0 fully saturated rings. The number of alkyl halides is 1. The van der Waals surface area contributed by atoms with Crippen molar-refractivity contribution in [3.63, 3.8) is 0 Å². The van der Waals surface area contributed by atoms with Gasteiger partial charge in [0, 0.05) is 52.2 Å². The van der Waals surface area contributed by atoms with Gasteiger partial charge in [-0.25, -0.2) is 44.3 Å². The first kappa shape index (κ1) is 63.2. The number of carbonyl (C=O) groups is 3. The number of nitrogens with one attached hydrogen (secondary N) is 1. The Morgan fingerprint density at radius 1 is 0.465 bits per heavy atom. The summed E-state index contributed by atoms with van der Waals surface area (Å²) in [5.74, 6) is 4.40. The van der Waals surface area contributed by atoms with Crippen molar-refractivity contribution in [2.45, 2.75) is 38.5 Å². The molecule has 0 unspecified atom stereocenters. The van der Waals surface area contributed by atoms with Gasteiger partial charge in [-0.1, -0.05) is 70.5 Å². The lowest BCUT2D eigenvalue weighted by Gasteiger charge is -2.31. The number of hydrogen-bond acceptors (Lipinski definition) is 20. The predicted molar refractivity (Wildman–Crippen MR) is 378 cm³/mol. The summed E-state index contributed by atoms with van der Waals surface area (Å²) in [7, 11) is 2.73. The maximum absolute atomic E-state index is 12.1. The van der Waals surface area contributed by atoms with Crippen LogP contribution in [0, 0.1) is 0 Å². The van der Waals surface area contributed by atoms with E-state index in [0.717, 1.165) is 114 Å². The summed E-state index contributed by atoms with van der Waals surface area (Å²) in [5.41, 5.74) is 16.5. The molecule has 0 amide bonds. The molecule has 99 heavy (non-hydrogen) atoms. The topological polar surface area (TPSA) is 241 Å². The Labute approximate surface area is 576 Å². The minimum absolute atomic E-state index is 0.188. The van der Waals surface area contributed by atoms with E-state index in [9.17, 15) is 19.5 Å². The lowest BCUT2D eigenvalue weighted by atomic mass is 10.0. The van der Waals surface area contributed by atoms with Crippen LogP contribution in [0.1, 0.15) is 67.0 Å². The van der Waals surface area contributed by atoms with Gasteiger partial charge in [0.1, 0.15) is 17.1 Å². The molecule has 21 nitrogen and oxygen atoms in total. The van der Waals surface area contributed by atoms with Gasteiger partial charge < -0.3 is 58.1 Å². The summed E-state index contributed by atoms with van der Waals surface area (Å²) >= 11 is 3.51. The molecule has 494 valence electrons. The number of aromatic carboxylic acids is 1. The Bertz CT molecular complexity index is 5170. The molecule has 0 bridgehead atoms. The monoisotopic (exact) mass is 1380 g/mol. The van der Waals surface area contributed by atoms with Gasteiger partial charge in [0.2, 0.25) is 20.4 Å². The van der Waals surface area contributed by atoms with E-state index >= 15 is 0 Å². The Kier molecular flexibility index (Phi) is 17.7. The molecule has 22 heteroatoms. The number of para-hydroxylation sites is 3. The third kappa shape index (κ3) is 12.9. The van der Waals surface area contributed by atoms with E-state index in [0.29, 0.717) is 90.3 Å². The lowest BCUT2D eigenvalue weighted by molar-refractivity contribution is 0.0592. The van der Waals surface area contributed by atoms with E-state index in [1.807, 2.05) is 91.0 Å². The van der Waals surface area contributed by atoms with Gasteiger partial charge in [-0.3, -0.25) is 0 Å². The van der Waals surface area contributed by atoms with Crippen LogP contribution in [0.2, 0.25) is 0 Å². The molecule has 0 radical (unpaired) electrons. The molecule has 3 aromatic heterocycles. The summed E-state index contributed by atoms with van der Waals surface area (Å²) in [6.45, 7) is 2.24. The van der Waals surface area contributed by atoms with Crippen molar-refractivity contribution in [1.29, 1.82) is 0 Å². The van der Waals surface area contributed by atoms with Gasteiger partial charge in [-0.2, -0.15) is 0 Å². The van der Waals surface area contributed by atoms with Crippen LogP contribution >= 0.6 is 15.9 Å². The summed E-state index contributed by atoms with van der Waals surface area (Å²) in [6, 6.07) is 57.4. The van der Waals surface area contributed by atoms with Crippen molar-refractivity contribution in [2.75, 3.05) is 68.1 Å². The Morgan fingerprint density at radius 2 is 0.889 bits per heavy atom. The zero-order chi connectivity index (χ0) is 67.5. The highest BCUT2D eigenvalue weighted by Gasteiger charge is 2.29. The molecule has 12 aromatic rings. The second kappa shape index (κ2) is 27.7. The van der Waals surface area contributed by atoms with Gasteiger partial charge in [-0.15, -0.1) is 0 Å². The number of halogens is 1. The van der Waals surface area contributed by atoms with Crippen molar-refractivity contribution < 1.29 is 57.4 Å². The van der Waals surface area contributed by atoms with Crippen LogP contribution in [0.5, 0.6) is 34.5 Å². The SMILES string of the molecule is COC(=O)c1ccc2nc(-c3ccc4c(c3)OCO4)c(N3CCCc4ccccc43)nc2c1.COC(=O)c1ccc2nc(-c3ccc4c(c3)OCO4)c(Nc3ccccc3CCCBr)nc2c1.O=C(O)c1ccc2nc(-c3ccc4c(c3)OCO4)c(N3CCCc4ccccc43)nc2c1. The number of anilines is 6. The molecule has 0 saturated carbocycles. The molecule has 8 heterocycles. The minimum Gasteiger partial charge on any atom is -0.478 e. The Morgan fingerprint density at radius 3 is 1.37 bits per heavy atom. The first-order valence-corrected chi connectivity index (χ1v) is 33.3. The third-order valence-corrected chi connectivity index (χ3v) is 18.1. The highest BCUT2D eigenvalue weighted by molar-refractivity contribution is 9.09. The molecule has 9 aromatic carbocycles. The number of ether oxygens (including phenoxy) is 8. The number of carbonyl (C=O) groups excluding carboxylic acids is 2. The fourth-order valence-electron chi connectivity index (χ4n) is 12.7. The summed E-state index contributed by atoms with van der Waals surface area (Å²) in [6.07, 6.45) is 5.97. The summed E-state index contributed by atoms with van der Waals surface area (Å²) < 4.78 is 42.9. The van der Waals surface area contributed by atoms with Crippen LogP contribution in [-0.4, -0.2) is 106 Å². The summed E-state index contributed by atoms with van der Waals surface area (Å²) in [5, 5.41) is 13.9. The van der Waals surface area contributed by atoms with Gasteiger partial charge in [0.25, 0.3) is 0 Å². The standard InChI is InChI=1S/C26H22BrN3O4.C26H21N3O4.C25H19N3O4/c1-32-26(31)18-8-10-20-21(13-18)30-25(29-19-7-3-2-5-16(19)6-4-12-27)24(28-20)17-9-11-22-23(14-17)34-15-33-22;1-31-26(30)18-8-10-19-20(13-18)28-25(29-12-4-6-16-5-2-3-7-21(16)29)24(27-19)17-9-11-22-23(14-17)33-15-32-22;29-25(30)17-7-9-18-19(12-17)27-24(28-11-3-5-15-4-1-2-6-20(15)28)23(26-18)16-8-10-21-22(13-16)32-14-31-21/h2-3,5,7-11,13-14H,4,6,12,15H2,1H3,(H,29,30);2-3,5,7-11,13-14H,4,6,12,15H2,1H3;1-2,4,6-10,12-13H,3,5,11,14H2,(H,29,30). The second-order valence-corrected chi connectivity index (χ2v) is 24.5. The fraction of sp³-hybridized carbons (Fsp3) is 0.182. The van der Waals surface area contributed by atoms with Crippen LogP contribution in [0.3, 0.4) is 0 Å². The van der Waals surface area contributed by atoms with Gasteiger partial charge in [0.05, 0.1) is 64.0 Å². The maximum Gasteiger partial charge on any atom is 0.337 e. The third-order valence-electron chi connectivity index (χ3n) is 17.6. The Balaban J connectivity index is 0.000000121. The van der Waals surface area contributed by atoms with Crippen LogP contribution < -0.4 is 43.5 Å². The fourth-order valence-corrected chi connectivity index (χ4v) is 13.0. The van der Waals surface area contributed by atoms with E-state index < -0.39 is 17.9 Å². The zero-order valence-corrected chi connectivity index (χ0v) is 55.3. The number of aryl methyl sites for hydroxylation is 3. The van der Waals surface area contributed by atoms with E-state index in [-0.39, 0.29) is 25.9 Å². The zero-order valence-electron chi connectivity index (χ0n) is 53.7. The van der Waals surface area contributed by atoms with Crippen molar-refractivity contribution in [3.8, 4) is 68.3 Å². The minimum atomic E-state index is -0.988. The molecule has 0 saturated heterocycles. The quantitative estimate of drug-likeness (QED) is 0.0805. The molecule has 2 N–H and O–H groups in total. The van der Waals surface area contributed by atoms with Gasteiger partial charge >= 0.3 is 17.9 Å². The lowest BCUT2D eigenvalue weighted by Crippen LogP contribution is -2.26. The molecule has 0 aliphatic carbocycles. The van der Waals surface area contributed by atoms with Crippen molar-refractivity contribution in [1.82, 2.24) is 29.9 Å². The number of methoxy groups -OCH3 is 2. The number of nitrogens with zero attached hydrogens (tertiary/aromatic N) is 8. The molecule has 0 spiro atoms. The maximum atomic E-state index is 12.1. The van der Waals surface area contributed by atoms with Crippen LogP contribution in [-0.2, 0) is 28.7 Å². The smallest absolute Gasteiger partial charge is 0.337 e. The number of benzene rings is 9. The number of carboxylic acid groups (broad SMARTS) is 1. The highest BCUT2D eigenvalue weighted by atomic mass is 79.9. The number of carboxylic acids is 1. The average Bonchev–Trinajstić information content (AvgIpc) is 1.02. The first-order chi connectivity index (χ1) is 48.5. The predicted octanol–water partition coefficient (Wildman–Crippen LogP) is 15.6. The molecule has 5 aliphatic rings. The van der Waals surface area contributed by atoms with Crippen LogP contribution in [0.15, 0.2) is 182 Å². The Hall–Kier alpha value is -11.9. The van der Waals surface area contributed by atoms with E-state index in [2.05, 4.69) is 67.4 Å². The molecule has 0 atom stereocenters. The van der Waals surface area contributed by atoms with Gasteiger partial charge in [-0.05, 0) is 183 Å². The van der Waals surface area contributed by atoms with Crippen LogP contribution in [0.25, 0.3) is 66.9 Å². The molecule has 17 rings (SSSR count). The normalized spacial score (nSPS) is 13.6. The number of rotatable bonds is 13. The van der Waals surface area contributed by atoms with E-state index in [1.54, 1.807) is 54.6 Å². The van der Waals surface area contributed by atoms with Crippen molar-refractivity contribution >= 4 is 101 Å². The molecular weight excluding hydrogens is 1320 g/mol. The van der Waals surface area contributed by atoms with Crippen LogP contribution in [0.4, 0.5) is 34.5 Å².